The largest absolute Gasteiger partial charge is 0.356 e. The van der Waals surface area contributed by atoms with E-state index in [1.54, 1.807) is 0 Å². The van der Waals surface area contributed by atoms with Gasteiger partial charge in [0.1, 0.15) is 0 Å². The highest BCUT2D eigenvalue weighted by atomic mass is 79.9. The number of amides is 1. The van der Waals surface area contributed by atoms with Gasteiger partial charge in [-0.1, -0.05) is 0 Å². The normalized spacial score (nSPS) is 9.56. The summed E-state index contributed by atoms with van der Waals surface area (Å²) >= 11 is 2.85. The third-order valence-electron chi connectivity index (χ3n) is 0.627. The van der Waals surface area contributed by atoms with Crippen LogP contribution < -0.4 is 5.32 Å². The van der Waals surface area contributed by atoms with E-state index in [1.807, 2.05) is 0 Å². The third kappa shape index (κ3) is 5.23. The summed E-state index contributed by atoms with van der Waals surface area (Å²) in [5.74, 6) is -0.209. The first-order valence-electron chi connectivity index (χ1n) is 2.30. The predicted octanol–water partition coefficient (Wildman–Crippen LogP) is 0.661. The average molecular weight is 191 g/mol. The van der Waals surface area contributed by atoms with Crippen molar-refractivity contribution in [3.63, 3.8) is 0 Å². The van der Waals surface area contributed by atoms with Gasteiger partial charge in [-0.3, -0.25) is 10.2 Å². The molecule has 0 atom stereocenters. The molecule has 0 rings (SSSR count). The molecule has 1 amide bonds. The maximum atomic E-state index is 10.4. The SMILES string of the molecule is CNC(=O)/C=C\C(=N)Br. The number of carbonyl (C=O) groups is 1. The first kappa shape index (κ1) is 8.36. The second kappa shape index (κ2) is 4.26. The molecule has 0 radical (unpaired) electrons. The zero-order valence-corrected chi connectivity index (χ0v) is 6.53. The van der Waals surface area contributed by atoms with E-state index < -0.39 is 0 Å². The molecule has 50 valence electrons. The Morgan fingerprint density at radius 3 is 2.56 bits per heavy atom. The molecule has 0 aromatic carbocycles. The minimum Gasteiger partial charge on any atom is -0.356 e. The summed E-state index contributed by atoms with van der Waals surface area (Å²) in [6.07, 6.45) is 2.63. The van der Waals surface area contributed by atoms with Crippen LogP contribution in [0.15, 0.2) is 12.2 Å². The fraction of sp³-hybridized carbons (Fsp3) is 0.200. The van der Waals surface area contributed by atoms with Crippen LogP contribution in [0.25, 0.3) is 0 Å². The lowest BCUT2D eigenvalue weighted by Crippen LogP contribution is -2.14. The Balaban J connectivity index is 3.71. The zero-order valence-electron chi connectivity index (χ0n) is 4.94. The number of nitrogens with one attached hydrogen (secondary N) is 2. The minimum atomic E-state index is -0.209. The summed E-state index contributed by atoms with van der Waals surface area (Å²) in [5.41, 5.74) is 0. The van der Waals surface area contributed by atoms with Gasteiger partial charge in [-0.15, -0.1) is 0 Å². The summed E-state index contributed by atoms with van der Waals surface area (Å²) in [6, 6.07) is 0. The number of likely N-dealkylation sites (N-methyl/N-ethyl adjacent to an activating group) is 1. The van der Waals surface area contributed by atoms with Gasteiger partial charge >= 0.3 is 0 Å². The number of hydrogen-bond donors (Lipinski definition) is 2. The van der Waals surface area contributed by atoms with Crippen LogP contribution in [-0.4, -0.2) is 17.6 Å². The summed E-state index contributed by atoms with van der Waals surface area (Å²) in [5, 5.41) is 9.19. The quantitative estimate of drug-likeness (QED) is 0.488. The molecule has 4 heteroatoms. The van der Waals surface area contributed by atoms with Crippen molar-refractivity contribution >= 4 is 26.5 Å². The summed E-state index contributed by atoms with van der Waals surface area (Å²) in [7, 11) is 1.53. The molecule has 0 aromatic rings. The molecule has 0 fully saturated rings. The smallest absolute Gasteiger partial charge is 0.243 e. The maximum Gasteiger partial charge on any atom is 0.243 e. The Morgan fingerprint density at radius 1 is 1.67 bits per heavy atom. The predicted molar refractivity (Wildman–Crippen MR) is 39.9 cm³/mol. The topological polar surface area (TPSA) is 53.0 Å². The Kier molecular flexibility index (Phi) is 3.96. The van der Waals surface area contributed by atoms with Crippen LogP contribution in [0.1, 0.15) is 0 Å². The molecule has 0 aliphatic rings. The van der Waals surface area contributed by atoms with Crippen LogP contribution in [0.4, 0.5) is 0 Å². The Morgan fingerprint density at radius 2 is 2.22 bits per heavy atom. The van der Waals surface area contributed by atoms with E-state index in [-0.39, 0.29) is 10.5 Å². The molecular formula is C5H7BrN2O. The average Bonchev–Trinajstić information content (AvgIpc) is 1.83. The number of rotatable bonds is 2. The van der Waals surface area contributed by atoms with E-state index in [4.69, 9.17) is 5.41 Å². The van der Waals surface area contributed by atoms with Gasteiger partial charge in [0.15, 0.2) is 0 Å². The van der Waals surface area contributed by atoms with Gasteiger partial charge in [0.05, 0.1) is 4.62 Å². The van der Waals surface area contributed by atoms with E-state index in [0.717, 1.165) is 0 Å². The van der Waals surface area contributed by atoms with Crippen molar-refractivity contribution in [3.8, 4) is 0 Å². The van der Waals surface area contributed by atoms with E-state index in [2.05, 4.69) is 21.2 Å². The lowest BCUT2D eigenvalue weighted by atomic mass is 10.5. The highest BCUT2D eigenvalue weighted by Gasteiger charge is 1.86. The van der Waals surface area contributed by atoms with Crippen molar-refractivity contribution in [2.75, 3.05) is 7.05 Å². The van der Waals surface area contributed by atoms with E-state index >= 15 is 0 Å². The van der Waals surface area contributed by atoms with Crippen LogP contribution in [0.2, 0.25) is 0 Å². The molecule has 0 aromatic heterocycles. The Bertz CT molecular complexity index is 153. The third-order valence-corrected chi connectivity index (χ3v) is 0.892. The van der Waals surface area contributed by atoms with Gasteiger partial charge in [-0.25, -0.2) is 0 Å². The number of hydrogen-bond acceptors (Lipinski definition) is 2. The minimum absolute atomic E-state index is 0.186. The number of allylic oxidation sites excluding steroid dienone is 1. The Hall–Kier alpha value is -0.640. The second-order valence-corrected chi connectivity index (χ2v) is 2.15. The lowest BCUT2D eigenvalue weighted by molar-refractivity contribution is -0.116. The van der Waals surface area contributed by atoms with Gasteiger partial charge in [0, 0.05) is 13.1 Å². The molecule has 3 nitrogen and oxygen atoms in total. The fourth-order valence-electron chi connectivity index (χ4n) is 0.232. The van der Waals surface area contributed by atoms with Crippen molar-refractivity contribution in [3.05, 3.63) is 12.2 Å². The highest BCUT2D eigenvalue weighted by Crippen LogP contribution is 1.85. The van der Waals surface area contributed by atoms with Crippen LogP contribution in [0.5, 0.6) is 0 Å². The van der Waals surface area contributed by atoms with Gasteiger partial charge in [-0.2, -0.15) is 0 Å². The molecular weight excluding hydrogens is 184 g/mol. The molecule has 0 bridgehead atoms. The first-order valence-corrected chi connectivity index (χ1v) is 3.10. The first-order chi connectivity index (χ1) is 4.16. The van der Waals surface area contributed by atoms with E-state index in [9.17, 15) is 4.79 Å². The van der Waals surface area contributed by atoms with Gasteiger partial charge < -0.3 is 5.32 Å². The van der Waals surface area contributed by atoms with Gasteiger partial charge in [0.2, 0.25) is 5.91 Å². The molecule has 0 unspecified atom stereocenters. The number of carbonyl (C=O) groups excluding carboxylic acids is 1. The van der Waals surface area contributed by atoms with E-state index in [1.165, 1.54) is 19.2 Å². The van der Waals surface area contributed by atoms with Crippen molar-refractivity contribution in [2.45, 2.75) is 0 Å². The Labute approximate surface area is 61.8 Å². The monoisotopic (exact) mass is 190 g/mol. The molecule has 0 saturated carbocycles. The summed E-state index contributed by atoms with van der Waals surface area (Å²) in [4.78, 5) is 10.4. The van der Waals surface area contributed by atoms with Gasteiger partial charge in [-0.05, 0) is 22.0 Å². The zero-order chi connectivity index (χ0) is 7.28. The highest BCUT2D eigenvalue weighted by molar-refractivity contribution is 9.18. The molecule has 0 saturated heterocycles. The van der Waals surface area contributed by atoms with E-state index in [0.29, 0.717) is 0 Å². The van der Waals surface area contributed by atoms with Crippen LogP contribution in [-0.2, 0) is 4.79 Å². The molecule has 9 heavy (non-hydrogen) atoms. The molecule has 0 spiro atoms. The summed E-state index contributed by atoms with van der Waals surface area (Å²) in [6.45, 7) is 0. The maximum absolute atomic E-state index is 10.4. The second-order valence-electron chi connectivity index (χ2n) is 1.30. The van der Waals surface area contributed by atoms with Crippen LogP contribution in [0, 0.1) is 5.41 Å². The molecule has 0 aliphatic heterocycles. The van der Waals surface area contributed by atoms with Crippen molar-refractivity contribution in [1.29, 1.82) is 5.41 Å². The summed E-state index contributed by atoms with van der Waals surface area (Å²) < 4.78 is 0.186. The van der Waals surface area contributed by atoms with Crippen molar-refractivity contribution in [2.24, 2.45) is 0 Å². The number of halogens is 1. The van der Waals surface area contributed by atoms with Crippen molar-refractivity contribution in [1.82, 2.24) is 5.32 Å². The lowest BCUT2D eigenvalue weighted by Gasteiger charge is -1.86. The van der Waals surface area contributed by atoms with Gasteiger partial charge in [0.25, 0.3) is 0 Å². The fourth-order valence-corrected chi connectivity index (χ4v) is 0.364. The van der Waals surface area contributed by atoms with Crippen LogP contribution >= 0.6 is 15.9 Å². The molecule has 2 N–H and O–H groups in total. The molecule has 0 heterocycles. The molecule has 0 aliphatic carbocycles. The standard InChI is InChI=1S/C5H7BrN2O/c1-8-5(9)3-2-4(6)7/h2-3,7H,1H3,(H,8,9)/b3-2-,7-4?. The van der Waals surface area contributed by atoms with Crippen molar-refractivity contribution < 1.29 is 4.79 Å². The van der Waals surface area contributed by atoms with Crippen LogP contribution in [0.3, 0.4) is 0 Å².